The Morgan fingerprint density at radius 2 is 2.05 bits per heavy atom. The molecule has 1 N–H and O–H groups in total. The summed E-state index contributed by atoms with van der Waals surface area (Å²) in [4.78, 5) is 4.14. The Labute approximate surface area is 135 Å². The van der Waals surface area contributed by atoms with E-state index >= 15 is 0 Å². The van der Waals surface area contributed by atoms with Gasteiger partial charge in [-0.05, 0) is 18.2 Å². The molecule has 0 aliphatic heterocycles. The molecule has 0 radical (unpaired) electrons. The Bertz CT molecular complexity index is 852. The van der Waals surface area contributed by atoms with Gasteiger partial charge in [0.05, 0.1) is 28.1 Å². The van der Waals surface area contributed by atoms with Gasteiger partial charge >= 0.3 is 0 Å². The van der Waals surface area contributed by atoms with Gasteiger partial charge in [-0.15, -0.1) is 10.2 Å². The average Bonchev–Trinajstić information content (AvgIpc) is 2.96. The number of aromatic nitrogens is 5. The molecule has 0 atom stereocenters. The van der Waals surface area contributed by atoms with E-state index in [-0.39, 0.29) is 5.69 Å². The van der Waals surface area contributed by atoms with E-state index in [2.05, 4.69) is 25.6 Å². The number of hydrogen-bond acceptors (Lipinski definition) is 6. The minimum Gasteiger partial charge on any atom is -0.336 e. The largest absolute Gasteiger partial charge is 0.336 e. The molecule has 0 spiro atoms. The summed E-state index contributed by atoms with van der Waals surface area (Å²) in [5, 5.41) is 24.3. The lowest BCUT2D eigenvalue weighted by Gasteiger charge is -2.03. The first-order chi connectivity index (χ1) is 10.7. The van der Waals surface area contributed by atoms with Gasteiger partial charge in [-0.2, -0.15) is 10.4 Å². The SMILES string of the molecule is N#Cc1ccc(Nc2cnn(-c3ncc(Cl)cc3Cl)c2)nn1. The summed E-state index contributed by atoms with van der Waals surface area (Å²) in [6.45, 7) is 0. The molecule has 3 heterocycles. The second-order valence-electron chi connectivity index (χ2n) is 4.17. The Morgan fingerprint density at radius 3 is 2.73 bits per heavy atom. The fourth-order valence-electron chi connectivity index (χ4n) is 1.69. The number of hydrogen-bond donors (Lipinski definition) is 1. The number of halogens is 2. The van der Waals surface area contributed by atoms with Gasteiger partial charge in [-0.1, -0.05) is 23.2 Å². The molecule has 0 bridgehead atoms. The topological polar surface area (TPSA) is 92.3 Å². The van der Waals surface area contributed by atoms with Gasteiger partial charge in [0.15, 0.2) is 17.3 Å². The molecule has 108 valence electrons. The van der Waals surface area contributed by atoms with Gasteiger partial charge < -0.3 is 5.32 Å². The Kier molecular flexibility index (Phi) is 3.87. The van der Waals surface area contributed by atoms with Gasteiger partial charge in [0.1, 0.15) is 6.07 Å². The summed E-state index contributed by atoms with van der Waals surface area (Å²) in [6.07, 6.45) is 4.78. The highest BCUT2D eigenvalue weighted by atomic mass is 35.5. The summed E-state index contributed by atoms with van der Waals surface area (Å²) in [5.74, 6) is 0.957. The molecule has 3 aromatic heterocycles. The maximum atomic E-state index is 8.68. The van der Waals surface area contributed by atoms with Crippen LogP contribution in [0.4, 0.5) is 11.5 Å². The first kappa shape index (κ1) is 14.3. The van der Waals surface area contributed by atoms with Crippen molar-refractivity contribution < 1.29 is 0 Å². The molecule has 0 saturated carbocycles. The van der Waals surface area contributed by atoms with E-state index in [9.17, 15) is 0 Å². The van der Waals surface area contributed by atoms with Crippen LogP contribution >= 0.6 is 23.2 Å². The lowest BCUT2D eigenvalue weighted by Crippen LogP contribution is -1.99. The molecule has 7 nitrogen and oxygen atoms in total. The third-order valence-corrected chi connectivity index (χ3v) is 3.12. The molecule has 0 fully saturated rings. The zero-order valence-corrected chi connectivity index (χ0v) is 12.4. The maximum absolute atomic E-state index is 8.68. The average molecular weight is 332 g/mol. The van der Waals surface area contributed by atoms with Crippen molar-refractivity contribution in [1.82, 2.24) is 25.0 Å². The predicted octanol–water partition coefficient (Wildman–Crippen LogP) is 2.98. The van der Waals surface area contributed by atoms with Crippen LogP contribution in [0.2, 0.25) is 10.0 Å². The highest BCUT2D eigenvalue weighted by Crippen LogP contribution is 2.22. The van der Waals surface area contributed by atoms with Crippen LogP contribution in [0.15, 0.2) is 36.8 Å². The molecule has 3 rings (SSSR count). The molecule has 22 heavy (non-hydrogen) atoms. The lowest BCUT2D eigenvalue weighted by atomic mass is 10.4. The molecule has 3 aromatic rings. The summed E-state index contributed by atoms with van der Waals surface area (Å²) in [7, 11) is 0. The summed E-state index contributed by atoms with van der Waals surface area (Å²) < 4.78 is 1.51. The van der Waals surface area contributed by atoms with Crippen molar-refractivity contribution in [2.24, 2.45) is 0 Å². The van der Waals surface area contributed by atoms with Crippen molar-refractivity contribution in [2.45, 2.75) is 0 Å². The molecular formula is C13H7Cl2N7. The minimum atomic E-state index is 0.249. The first-order valence-corrected chi connectivity index (χ1v) is 6.78. The van der Waals surface area contributed by atoms with Crippen LogP contribution in [0.3, 0.4) is 0 Å². The van der Waals surface area contributed by atoms with E-state index < -0.39 is 0 Å². The molecule has 0 aromatic carbocycles. The molecular weight excluding hydrogens is 325 g/mol. The summed E-state index contributed by atoms with van der Waals surface area (Å²) >= 11 is 11.9. The smallest absolute Gasteiger partial charge is 0.172 e. The van der Waals surface area contributed by atoms with Crippen LogP contribution in [0.5, 0.6) is 0 Å². The molecule has 0 aliphatic rings. The number of anilines is 2. The second kappa shape index (κ2) is 5.97. The monoisotopic (exact) mass is 331 g/mol. The van der Waals surface area contributed by atoms with E-state index in [1.54, 1.807) is 30.6 Å². The van der Waals surface area contributed by atoms with E-state index in [0.717, 1.165) is 0 Å². The van der Waals surface area contributed by atoms with Gasteiger partial charge in [0.25, 0.3) is 0 Å². The molecule has 0 unspecified atom stereocenters. The summed E-state index contributed by atoms with van der Waals surface area (Å²) in [6, 6.07) is 6.71. The van der Waals surface area contributed by atoms with Crippen molar-refractivity contribution in [1.29, 1.82) is 5.26 Å². The minimum absolute atomic E-state index is 0.249. The third kappa shape index (κ3) is 2.98. The number of nitrogens with zero attached hydrogens (tertiary/aromatic N) is 6. The first-order valence-electron chi connectivity index (χ1n) is 6.02. The molecule has 0 amide bonds. The van der Waals surface area contributed by atoms with E-state index in [4.69, 9.17) is 28.5 Å². The zero-order chi connectivity index (χ0) is 15.5. The van der Waals surface area contributed by atoms with Crippen molar-refractivity contribution in [3.63, 3.8) is 0 Å². The van der Waals surface area contributed by atoms with Crippen LogP contribution in [-0.4, -0.2) is 25.0 Å². The number of pyridine rings is 1. The van der Waals surface area contributed by atoms with Crippen LogP contribution in [-0.2, 0) is 0 Å². The number of rotatable bonds is 3. The fraction of sp³-hybridized carbons (Fsp3) is 0. The normalized spacial score (nSPS) is 10.2. The Hall–Kier alpha value is -2.69. The van der Waals surface area contributed by atoms with E-state index in [0.29, 0.717) is 27.4 Å². The molecule has 9 heteroatoms. The van der Waals surface area contributed by atoms with Gasteiger partial charge in [0.2, 0.25) is 0 Å². The molecule has 0 saturated heterocycles. The molecule has 0 aliphatic carbocycles. The van der Waals surface area contributed by atoms with Crippen LogP contribution in [0.25, 0.3) is 5.82 Å². The standard InChI is InChI=1S/C13H7Cl2N7/c14-8-3-11(15)13(17-5-8)22-7-10(6-18-22)19-12-2-1-9(4-16)20-21-12/h1-3,5-7H,(H,19,21). The second-order valence-corrected chi connectivity index (χ2v) is 5.02. The van der Waals surface area contributed by atoms with Gasteiger partial charge in [0, 0.05) is 6.20 Å². The van der Waals surface area contributed by atoms with Crippen molar-refractivity contribution in [3.05, 3.63) is 52.5 Å². The maximum Gasteiger partial charge on any atom is 0.172 e. The Balaban J connectivity index is 1.82. The fourth-order valence-corrected chi connectivity index (χ4v) is 2.15. The van der Waals surface area contributed by atoms with Crippen LogP contribution < -0.4 is 5.32 Å². The third-order valence-electron chi connectivity index (χ3n) is 2.64. The van der Waals surface area contributed by atoms with Gasteiger partial charge in [-0.3, -0.25) is 0 Å². The van der Waals surface area contributed by atoms with E-state index in [1.165, 1.54) is 10.9 Å². The number of nitriles is 1. The predicted molar refractivity (Wildman–Crippen MR) is 81.4 cm³/mol. The lowest BCUT2D eigenvalue weighted by molar-refractivity contribution is 0.847. The van der Waals surface area contributed by atoms with Crippen molar-refractivity contribution >= 4 is 34.7 Å². The van der Waals surface area contributed by atoms with E-state index in [1.807, 2.05) is 6.07 Å². The van der Waals surface area contributed by atoms with Crippen LogP contribution in [0, 0.1) is 11.3 Å². The van der Waals surface area contributed by atoms with Crippen LogP contribution in [0.1, 0.15) is 5.69 Å². The quantitative estimate of drug-likeness (QED) is 0.793. The van der Waals surface area contributed by atoms with Crippen molar-refractivity contribution in [2.75, 3.05) is 5.32 Å². The zero-order valence-electron chi connectivity index (χ0n) is 10.9. The van der Waals surface area contributed by atoms with Crippen molar-refractivity contribution in [3.8, 4) is 11.9 Å². The summed E-state index contributed by atoms with van der Waals surface area (Å²) in [5.41, 5.74) is 0.921. The highest BCUT2D eigenvalue weighted by molar-refractivity contribution is 6.35. The highest BCUT2D eigenvalue weighted by Gasteiger charge is 2.08. The Morgan fingerprint density at radius 1 is 1.18 bits per heavy atom. The van der Waals surface area contributed by atoms with Gasteiger partial charge in [-0.25, -0.2) is 9.67 Å². The number of nitrogens with one attached hydrogen (secondary N) is 1.